The number of aromatic nitrogens is 2. The molecule has 124 valence electrons. The smallest absolute Gasteiger partial charge is 0.299 e. The summed E-state index contributed by atoms with van der Waals surface area (Å²) in [4.78, 5) is 17.8. The molecule has 0 spiro atoms. The minimum atomic E-state index is -4.54. The molecule has 1 aliphatic heterocycles. The van der Waals surface area contributed by atoms with Crippen LogP contribution in [-0.2, 0) is 12.7 Å². The van der Waals surface area contributed by atoms with Crippen LogP contribution in [0.4, 0.5) is 13.2 Å². The lowest BCUT2D eigenvalue weighted by Crippen LogP contribution is -2.34. The fourth-order valence-electron chi connectivity index (χ4n) is 3.18. The third-order valence-corrected chi connectivity index (χ3v) is 4.20. The summed E-state index contributed by atoms with van der Waals surface area (Å²) < 4.78 is 40.9. The summed E-state index contributed by atoms with van der Waals surface area (Å²) in [7, 11) is 0. The van der Waals surface area contributed by atoms with Crippen LogP contribution in [0.3, 0.4) is 0 Å². The van der Waals surface area contributed by atoms with Crippen LogP contribution in [0.15, 0.2) is 29.3 Å². The van der Waals surface area contributed by atoms with Crippen molar-refractivity contribution in [2.45, 2.75) is 32.5 Å². The van der Waals surface area contributed by atoms with Crippen molar-refractivity contribution in [3.05, 3.63) is 46.0 Å². The summed E-state index contributed by atoms with van der Waals surface area (Å²) in [6, 6.07) is 2.28. The Morgan fingerprint density at radius 2 is 2.17 bits per heavy atom. The fraction of sp³-hybridized carbons (Fsp3) is 0.500. The first-order chi connectivity index (χ1) is 10.8. The van der Waals surface area contributed by atoms with E-state index in [1.807, 2.05) is 0 Å². The molecule has 4 nitrogen and oxygen atoms in total. The zero-order valence-electron chi connectivity index (χ0n) is 12.8. The number of likely N-dealkylation sites (tertiary alicyclic amines) is 1. The van der Waals surface area contributed by atoms with Gasteiger partial charge in [-0.1, -0.05) is 6.92 Å². The molecule has 23 heavy (non-hydrogen) atoms. The van der Waals surface area contributed by atoms with Gasteiger partial charge in [0.1, 0.15) is 0 Å². The summed E-state index contributed by atoms with van der Waals surface area (Å²) in [5.74, 6) is 0.538. The molecule has 3 heterocycles. The average molecular weight is 325 g/mol. The molecule has 1 saturated heterocycles. The van der Waals surface area contributed by atoms with Crippen molar-refractivity contribution in [3.63, 3.8) is 0 Å². The maximum absolute atomic E-state index is 13.3. The van der Waals surface area contributed by atoms with E-state index in [1.54, 1.807) is 0 Å². The molecule has 2 aromatic heterocycles. The summed E-state index contributed by atoms with van der Waals surface area (Å²) in [5, 5.41) is 0. The first kappa shape index (κ1) is 16.0. The molecule has 0 bridgehead atoms. The molecule has 2 aromatic rings. The molecule has 1 aliphatic rings. The highest BCUT2D eigenvalue weighted by Gasteiger charge is 2.34. The van der Waals surface area contributed by atoms with Crippen molar-refractivity contribution in [1.29, 1.82) is 0 Å². The van der Waals surface area contributed by atoms with Crippen LogP contribution >= 0.6 is 0 Å². The Bertz CT molecular complexity index is 769. The van der Waals surface area contributed by atoms with E-state index in [2.05, 4.69) is 16.8 Å². The number of rotatable bonds is 2. The van der Waals surface area contributed by atoms with E-state index in [0.29, 0.717) is 18.0 Å². The maximum Gasteiger partial charge on any atom is 0.419 e. The number of piperidine rings is 1. The standard InChI is InChI=1S/C16H18F3N3O/c1-11-3-2-6-21(8-11)9-12-7-13(16(17,18)19)15-20-5-4-14(23)22(15)10-12/h4-5,7,10-11H,2-3,6,8-9H2,1H3/t11-/m0/s1. The first-order valence-electron chi connectivity index (χ1n) is 7.64. The van der Waals surface area contributed by atoms with Crippen molar-refractivity contribution in [1.82, 2.24) is 14.3 Å². The molecule has 0 saturated carbocycles. The van der Waals surface area contributed by atoms with Gasteiger partial charge in [-0.3, -0.25) is 14.1 Å². The number of hydrogen-bond donors (Lipinski definition) is 0. The molecular formula is C16H18F3N3O. The third-order valence-electron chi connectivity index (χ3n) is 4.20. The molecule has 0 unspecified atom stereocenters. The van der Waals surface area contributed by atoms with Crippen molar-refractivity contribution >= 4 is 5.65 Å². The van der Waals surface area contributed by atoms with Crippen LogP contribution in [0.1, 0.15) is 30.9 Å². The Kier molecular flexibility index (Phi) is 4.14. The second-order valence-electron chi connectivity index (χ2n) is 6.22. The molecule has 3 rings (SSSR count). The van der Waals surface area contributed by atoms with Gasteiger partial charge in [0, 0.05) is 31.5 Å². The predicted octanol–water partition coefficient (Wildman–Crippen LogP) is 2.95. The van der Waals surface area contributed by atoms with Gasteiger partial charge in [-0.05, 0) is 36.9 Å². The van der Waals surface area contributed by atoms with Crippen LogP contribution in [-0.4, -0.2) is 27.4 Å². The average Bonchev–Trinajstić information content (AvgIpc) is 2.46. The van der Waals surface area contributed by atoms with Crippen molar-refractivity contribution in [2.24, 2.45) is 5.92 Å². The Morgan fingerprint density at radius 1 is 1.39 bits per heavy atom. The van der Waals surface area contributed by atoms with E-state index in [-0.39, 0.29) is 5.65 Å². The minimum Gasteiger partial charge on any atom is -0.299 e. The first-order valence-corrected chi connectivity index (χ1v) is 7.64. The molecule has 1 fully saturated rings. The number of alkyl halides is 3. The number of nitrogens with zero attached hydrogens (tertiary/aromatic N) is 3. The Hall–Kier alpha value is -1.89. The molecule has 0 aliphatic carbocycles. The van der Waals surface area contributed by atoms with Crippen LogP contribution in [0.25, 0.3) is 5.65 Å². The number of fused-ring (bicyclic) bond motifs is 1. The van der Waals surface area contributed by atoms with Gasteiger partial charge in [-0.2, -0.15) is 13.2 Å². The summed E-state index contributed by atoms with van der Waals surface area (Å²) in [5.41, 5.74) is -1.23. The van der Waals surface area contributed by atoms with Gasteiger partial charge >= 0.3 is 6.18 Å². The van der Waals surface area contributed by atoms with E-state index in [9.17, 15) is 18.0 Å². The lowest BCUT2D eigenvalue weighted by atomic mass is 10.00. The van der Waals surface area contributed by atoms with E-state index >= 15 is 0 Å². The van der Waals surface area contributed by atoms with E-state index in [0.717, 1.165) is 42.6 Å². The highest BCUT2D eigenvalue weighted by atomic mass is 19.4. The lowest BCUT2D eigenvalue weighted by Gasteiger charge is -2.31. The van der Waals surface area contributed by atoms with Crippen LogP contribution in [0.2, 0.25) is 0 Å². The highest BCUT2D eigenvalue weighted by Crippen LogP contribution is 2.32. The van der Waals surface area contributed by atoms with E-state index < -0.39 is 17.3 Å². The number of pyridine rings is 1. The number of hydrogen-bond acceptors (Lipinski definition) is 3. The second-order valence-corrected chi connectivity index (χ2v) is 6.22. The van der Waals surface area contributed by atoms with Gasteiger partial charge in [0.2, 0.25) is 0 Å². The second kappa shape index (κ2) is 5.96. The molecule has 0 N–H and O–H groups in total. The molecule has 0 amide bonds. The van der Waals surface area contributed by atoms with Gasteiger partial charge in [-0.15, -0.1) is 0 Å². The Morgan fingerprint density at radius 3 is 2.87 bits per heavy atom. The number of halogens is 3. The molecule has 7 heteroatoms. The zero-order valence-corrected chi connectivity index (χ0v) is 12.8. The van der Waals surface area contributed by atoms with E-state index in [4.69, 9.17) is 0 Å². The summed E-state index contributed by atoms with van der Waals surface area (Å²) in [6.07, 6.45) is 0.225. The monoisotopic (exact) mass is 325 g/mol. The zero-order chi connectivity index (χ0) is 16.6. The van der Waals surface area contributed by atoms with Crippen molar-refractivity contribution in [3.8, 4) is 0 Å². The SMILES string of the molecule is C[C@H]1CCCN(Cc2cc(C(F)(F)F)c3nccc(=O)n3c2)C1. The van der Waals surface area contributed by atoms with Gasteiger partial charge in [0.15, 0.2) is 5.65 Å². The van der Waals surface area contributed by atoms with E-state index in [1.165, 1.54) is 12.3 Å². The highest BCUT2D eigenvalue weighted by molar-refractivity contribution is 5.50. The van der Waals surface area contributed by atoms with Crippen LogP contribution < -0.4 is 5.56 Å². The minimum absolute atomic E-state index is 0.347. The largest absolute Gasteiger partial charge is 0.419 e. The quantitative estimate of drug-likeness (QED) is 0.852. The Balaban J connectivity index is 2.04. The lowest BCUT2D eigenvalue weighted by molar-refractivity contribution is -0.136. The fourth-order valence-corrected chi connectivity index (χ4v) is 3.18. The van der Waals surface area contributed by atoms with Crippen LogP contribution in [0.5, 0.6) is 0 Å². The van der Waals surface area contributed by atoms with Crippen molar-refractivity contribution < 1.29 is 13.2 Å². The molecular weight excluding hydrogens is 307 g/mol. The van der Waals surface area contributed by atoms with Gasteiger partial charge in [0.05, 0.1) is 5.56 Å². The molecule has 0 aromatic carbocycles. The summed E-state index contributed by atoms with van der Waals surface area (Å²) >= 11 is 0. The van der Waals surface area contributed by atoms with Gasteiger partial charge < -0.3 is 0 Å². The van der Waals surface area contributed by atoms with Gasteiger partial charge in [0.25, 0.3) is 5.56 Å². The normalized spacial score (nSPS) is 20.1. The Labute approximate surface area is 131 Å². The van der Waals surface area contributed by atoms with Crippen LogP contribution in [0, 0.1) is 5.92 Å². The maximum atomic E-state index is 13.3. The predicted molar refractivity (Wildman–Crippen MR) is 80.1 cm³/mol. The van der Waals surface area contributed by atoms with Crippen molar-refractivity contribution in [2.75, 3.05) is 13.1 Å². The third kappa shape index (κ3) is 3.39. The summed E-state index contributed by atoms with van der Waals surface area (Å²) in [6.45, 7) is 4.28. The van der Waals surface area contributed by atoms with Gasteiger partial charge in [-0.25, -0.2) is 4.98 Å². The molecule has 0 radical (unpaired) electrons. The molecule has 1 atom stereocenters. The topological polar surface area (TPSA) is 37.6 Å².